The van der Waals surface area contributed by atoms with Crippen LogP contribution in [-0.4, -0.2) is 42.2 Å². The minimum atomic E-state index is -1.36. The van der Waals surface area contributed by atoms with Gasteiger partial charge in [0.15, 0.2) is 17.4 Å². The van der Waals surface area contributed by atoms with E-state index in [-0.39, 0.29) is 6.54 Å². The van der Waals surface area contributed by atoms with Crippen LogP contribution in [0.25, 0.3) is 20.9 Å². The van der Waals surface area contributed by atoms with Crippen molar-refractivity contribution in [3.05, 3.63) is 33.5 Å². The first kappa shape index (κ1) is 15.1. The van der Waals surface area contributed by atoms with Gasteiger partial charge in [0.2, 0.25) is 0 Å². The Morgan fingerprint density at radius 1 is 1.38 bits per heavy atom. The molecule has 0 N–H and O–H groups in total. The van der Waals surface area contributed by atoms with E-state index in [1.165, 1.54) is 6.08 Å². The van der Waals surface area contributed by atoms with Gasteiger partial charge < -0.3 is 14.2 Å². The molecule has 0 spiro atoms. The second-order valence-corrected chi connectivity index (χ2v) is 5.14. The molecule has 0 radical (unpaired) electrons. The van der Waals surface area contributed by atoms with E-state index in [9.17, 15) is 4.79 Å². The van der Waals surface area contributed by atoms with Gasteiger partial charge in [-0.15, -0.1) is 0 Å². The van der Waals surface area contributed by atoms with Crippen molar-refractivity contribution in [1.29, 1.82) is 0 Å². The molecule has 2 aliphatic rings. The summed E-state index contributed by atoms with van der Waals surface area (Å²) in [5.41, 5.74) is 15.7. The highest BCUT2D eigenvalue weighted by Crippen LogP contribution is 2.42. The van der Waals surface area contributed by atoms with Crippen LogP contribution in [0, 0.1) is 0 Å². The number of esters is 1. The Kier molecular flexibility index (Phi) is 3.80. The maximum absolute atomic E-state index is 12.1. The zero-order valence-corrected chi connectivity index (χ0v) is 11.5. The third kappa shape index (κ3) is 2.53. The molecule has 1 unspecified atom stereocenters. The van der Waals surface area contributed by atoms with E-state index in [1.807, 2.05) is 0 Å². The van der Waals surface area contributed by atoms with Crippen molar-refractivity contribution in [2.75, 3.05) is 6.54 Å². The lowest BCUT2D eigenvalue weighted by Gasteiger charge is -2.41. The fourth-order valence-corrected chi connectivity index (χ4v) is 2.49. The van der Waals surface area contributed by atoms with Crippen LogP contribution in [0.15, 0.2) is 22.9 Å². The van der Waals surface area contributed by atoms with Crippen LogP contribution in [0.2, 0.25) is 0 Å². The van der Waals surface area contributed by atoms with Crippen LogP contribution >= 0.6 is 0 Å². The Morgan fingerprint density at radius 3 is 2.67 bits per heavy atom. The minimum Gasteiger partial charge on any atom is -0.451 e. The van der Waals surface area contributed by atoms with Crippen LogP contribution < -0.4 is 0 Å². The lowest BCUT2D eigenvalue weighted by molar-refractivity contribution is -0.185. The maximum atomic E-state index is 12.1. The summed E-state index contributed by atoms with van der Waals surface area (Å²) in [6.45, 7) is 6.75. The molecule has 2 rings (SSSR count). The number of hydrogen-bond acceptors (Lipinski definition) is 6. The molecule has 10 heteroatoms. The van der Waals surface area contributed by atoms with Crippen molar-refractivity contribution in [3.63, 3.8) is 0 Å². The van der Waals surface area contributed by atoms with E-state index in [0.717, 1.165) is 0 Å². The fourth-order valence-electron chi connectivity index (χ4n) is 2.49. The van der Waals surface area contributed by atoms with Gasteiger partial charge in [-0.1, -0.05) is 16.8 Å². The standard InChI is InChI=1S/C11H14N6O4/c1-4-11(5-14-16-12)8-7(19-10(2,3)20-8)6(15-17-13)9(18)21-11/h4,6-8H,1,5H2,2-3H3/t6-,7+,8+,11?/m0/s1. The van der Waals surface area contributed by atoms with Crippen LogP contribution in [0.5, 0.6) is 0 Å². The van der Waals surface area contributed by atoms with Crippen molar-refractivity contribution in [3.8, 4) is 0 Å². The van der Waals surface area contributed by atoms with Gasteiger partial charge in [0, 0.05) is 9.82 Å². The molecule has 0 amide bonds. The van der Waals surface area contributed by atoms with Gasteiger partial charge in [-0.3, -0.25) is 4.79 Å². The third-order valence-electron chi connectivity index (χ3n) is 3.36. The number of carbonyl (C=O) groups excluding carboxylic acids is 1. The molecule has 0 aliphatic carbocycles. The Labute approximate surface area is 119 Å². The number of azide groups is 2. The van der Waals surface area contributed by atoms with Gasteiger partial charge in [0.25, 0.3) is 0 Å². The third-order valence-corrected chi connectivity index (χ3v) is 3.36. The topological polar surface area (TPSA) is 142 Å². The zero-order valence-electron chi connectivity index (χ0n) is 11.5. The Bertz CT molecular complexity index is 565. The predicted molar refractivity (Wildman–Crippen MR) is 69.8 cm³/mol. The quantitative estimate of drug-likeness (QED) is 0.257. The van der Waals surface area contributed by atoms with Crippen molar-refractivity contribution in [2.24, 2.45) is 10.2 Å². The number of ether oxygens (including phenoxy) is 3. The maximum Gasteiger partial charge on any atom is 0.318 e. The average molecular weight is 294 g/mol. The largest absolute Gasteiger partial charge is 0.451 e. The SMILES string of the molecule is C=CC1(CN=[N+]=[N-])OC(=O)[C@@H](N=[N+]=[N-])[C@H]2OC(C)(C)O[C@H]21. The van der Waals surface area contributed by atoms with E-state index < -0.39 is 35.6 Å². The molecule has 112 valence electrons. The molecule has 2 aliphatic heterocycles. The average Bonchev–Trinajstić information content (AvgIpc) is 2.76. The molecular formula is C11H14N6O4. The number of fused-ring (bicyclic) bond motifs is 1. The molecule has 2 saturated heterocycles. The van der Waals surface area contributed by atoms with Crippen LogP contribution in [0.4, 0.5) is 0 Å². The summed E-state index contributed by atoms with van der Waals surface area (Å²) in [5.74, 6) is -1.78. The molecule has 0 aromatic carbocycles. The molecule has 2 fully saturated rings. The highest BCUT2D eigenvalue weighted by molar-refractivity contribution is 5.79. The molecule has 4 atom stereocenters. The molecular weight excluding hydrogens is 280 g/mol. The van der Waals surface area contributed by atoms with Crippen LogP contribution in [0.1, 0.15) is 13.8 Å². The lowest BCUT2D eigenvalue weighted by atomic mass is 9.86. The summed E-state index contributed by atoms with van der Waals surface area (Å²) in [6.07, 6.45) is -0.290. The second kappa shape index (κ2) is 5.27. The van der Waals surface area contributed by atoms with Gasteiger partial charge in [-0.05, 0) is 31.0 Å². The van der Waals surface area contributed by atoms with E-state index in [0.29, 0.717) is 0 Å². The van der Waals surface area contributed by atoms with Crippen LogP contribution in [-0.2, 0) is 19.0 Å². The molecule has 2 heterocycles. The first-order chi connectivity index (χ1) is 9.89. The smallest absolute Gasteiger partial charge is 0.318 e. The van der Waals surface area contributed by atoms with Crippen LogP contribution in [0.3, 0.4) is 0 Å². The summed E-state index contributed by atoms with van der Waals surface area (Å²) >= 11 is 0. The van der Waals surface area contributed by atoms with Crippen molar-refractivity contribution < 1.29 is 19.0 Å². The lowest BCUT2D eigenvalue weighted by Crippen LogP contribution is -2.61. The van der Waals surface area contributed by atoms with Gasteiger partial charge in [-0.2, -0.15) is 0 Å². The first-order valence-electron chi connectivity index (χ1n) is 6.16. The zero-order chi connectivity index (χ0) is 15.7. The number of cyclic esters (lactones) is 1. The number of hydrogen-bond donors (Lipinski definition) is 0. The van der Waals surface area contributed by atoms with E-state index in [1.54, 1.807) is 13.8 Å². The summed E-state index contributed by atoms with van der Waals surface area (Å²) < 4.78 is 16.7. The Hall–Kier alpha value is -2.25. The molecule has 10 nitrogen and oxygen atoms in total. The van der Waals surface area contributed by atoms with Gasteiger partial charge in [0.05, 0.1) is 6.54 Å². The molecule has 0 saturated carbocycles. The van der Waals surface area contributed by atoms with Crippen molar-refractivity contribution >= 4 is 5.97 Å². The second-order valence-electron chi connectivity index (χ2n) is 5.14. The molecule has 0 aromatic rings. The van der Waals surface area contributed by atoms with Crippen molar-refractivity contribution in [1.82, 2.24) is 0 Å². The minimum absolute atomic E-state index is 0.192. The van der Waals surface area contributed by atoms with Crippen molar-refractivity contribution in [2.45, 2.75) is 43.5 Å². The number of rotatable bonds is 4. The Morgan fingerprint density at radius 2 is 2.10 bits per heavy atom. The molecule has 0 aromatic heterocycles. The van der Waals surface area contributed by atoms with E-state index in [4.69, 9.17) is 25.3 Å². The van der Waals surface area contributed by atoms with E-state index in [2.05, 4.69) is 26.6 Å². The van der Waals surface area contributed by atoms with Gasteiger partial charge >= 0.3 is 5.97 Å². The Balaban J connectivity index is 2.47. The monoisotopic (exact) mass is 294 g/mol. The summed E-state index contributed by atoms with van der Waals surface area (Å²) in [4.78, 5) is 17.4. The predicted octanol–water partition coefficient (Wildman–Crippen LogP) is 1.98. The fraction of sp³-hybridized carbons (Fsp3) is 0.727. The van der Waals surface area contributed by atoms with E-state index >= 15 is 0 Å². The highest BCUT2D eigenvalue weighted by atomic mass is 16.8. The van der Waals surface area contributed by atoms with Gasteiger partial charge in [0.1, 0.15) is 12.2 Å². The summed E-state index contributed by atoms with van der Waals surface area (Å²) in [7, 11) is 0. The number of carbonyl (C=O) groups is 1. The number of nitrogens with zero attached hydrogens (tertiary/aromatic N) is 6. The summed E-state index contributed by atoms with van der Waals surface area (Å²) in [6, 6.07) is -1.17. The first-order valence-corrected chi connectivity index (χ1v) is 6.16. The highest BCUT2D eigenvalue weighted by Gasteiger charge is 2.61. The normalized spacial score (nSPS) is 36.7. The molecule has 21 heavy (non-hydrogen) atoms. The van der Waals surface area contributed by atoms with Gasteiger partial charge in [-0.25, -0.2) is 0 Å². The summed E-state index contributed by atoms with van der Waals surface area (Å²) in [5, 5.41) is 6.86. The molecule has 0 bridgehead atoms.